The van der Waals surface area contributed by atoms with Crippen molar-refractivity contribution in [2.24, 2.45) is 5.92 Å². The van der Waals surface area contributed by atoms with Gasteiger partial charge >= 0.3 is 0 Å². The highest BCUT2D eigenvalue weighted by Crippen LogP contribution is 2.50. The molecule has 2 fully saturated rings. The van der Waals surface area contributed by atoms with E-state index in [1.807, 2.05) is 24.3 Å². The maximum absolute atomic E-state index is 14.0. The third-order valence-corrected chi connectivity index (χ3v) is 6.90. The number of phenols is 1. The average molecular weight is 458 g/mol. The van der Waals surface area contributed by atoms with Crippen LogP contribution in [0.15, 0.2) is 36.4 Å². The fraction of sp³-hybridized carbons (Fsp3) is 0.423. The summed E-state index contributed by atoms with van der Waals surface area (Å²) in [5.74, 6) is 0.747. The highest BCUT2D eigenvalue weighted by molar-refractivity contribution is 5.89. The molecule has 1 saturated heterocycles. The molecule has 0 bridgehead atoms. The van der Waals surface area contributed by atoms with Gasteiger partial charge in [-0.1, -0.05) is 0 Å². The van der Waals surface area contributed by atoms with Crippen molar-refractivity contribution in [1.82, 2.24) is 4.57 Å². The van der Waals surface area contributed by atoms with Gasteiger partial charge in [-0.3, -0.25) is 9.18 Å². The molecule has 0 radical (unpaired) electrons. The van der Waals surface area contributed by atoms with Crippen molar-refractivity contribution in [3.05, 3.63) is 59.0 Å². The lowest BCUT2D eigenvalue weighted by molar-refractivity contribution is -0.122. The van der Waals surface area contributed by atoms with E-state index >= 15 is 0 Å². The lowest BCUT2D eigenvalue weighted by Crippen LogP contribution is -2.26. The van der Waals surface area contributed by atoms with Gasteiger partial charge in [-0.05, 0) is 92.0 Å². The summed E-state index contributed by atoms with van der Waals surface area (Å²) in [6, 6.07) is 10.7. The van der Waals surface area contributed by atoms with E-state index in [-0.39, 0.29) is 36.5 Å². The second kappa shape index (κ2) is 9.91. The maximum Gasteiger partial charge on any atom is 0.290 e. The molecule has 2 aliphatic rings. The molecule has 2 aromatic carbocycles. The molecule has 0 spiro atoms. The molecule has 33 heavy (non-hydrogen) atoms. The van der Waals surface area contributed by atoms with Gasteiger partial charge in [-0.2, -0.15) is 0 Å². The second-order valence-corrected chi connectivity index (χ2v) is 8.95. The van der Waals surface area contributed by atoms with Crippen molar-refractivity contribution in [2.75, 3.05) is 19.9 Å². The Balaban J connectivity index is 0.000000821. The summed E-state index contributed by atoms with van der Waals surface area (Å²) in [6.07, 6.45) is 3.53. The Hall–Kier alpha value is -2.93. The average Bonchev–Trinajstić information content (AvgIpc) is 3.10. The lowest BCUT2D eigenvalue weighted by atomic mass is 9.70. The van der Waals surface area contributed by atoms with E-state index in [0.717, 1.165) is 55.5 Å². The number of aromatic nitrogens is 1. The van der Waals surface area contributed by atoms with E-state index in [1.165, 1.54) is 17.3 Å². The maximum atomic E-state index is 14.0. The van der Waals surface area contributed by atoms with Crippen LogP contribution in [0.2, 0.25) is 0 Å². The Morgan fingerprint density at radius 3 is 2.45 bits per heavy atom. The standard InChI is InChI=1S/C25H27F2NO2.CH2O2/c1-15-10-19(2-4-22(15)27)28-23-5-3-20(29)13-21(23)24(18-11-16(12-18)14-26)25(28)17-6-8-30-9-7-17;2-1-3/h2-5,10,13,16-18,29H,6-9,11-12,14H2,1H3;1H,(H,2,3). The number of phenolic OH excluding ortho intramolecular Hbond substituents is 1. The zero-order valence-electron chi connectivity index (χ0n) is 18.6. The number of fused-ring (bicyclic) bond motifs is 1. The quantitative estimate of drug-likeness (QED) is 0.483. The monoisotopic (exact) mass is 457 g/mol. The fourth-order valence-corrected chi connectivity index (χ4v) is 5.27. The zero-order chi connectivity index (χ0) is 23.5. The van der Waals surface area contributed by atoms with Gasteiger partial charge in [-0.15, -0.1) is 0 Å². The normalized spacial score (nSPS) is 20.7. The van der Waals surface area contributed by atoms with E-state index in [4.69, 9.17) is 14.6 Å². The van der Waals surface area contributed by atoms with Gasteiger partial charge in [0.1, 0.15) is 11.6 Å². The van der Waals surface area contributed by atoms with E-state index in [0.29, 0.717) is 11.5 Å². The number of alkyl halides is 1. The molecule has 0 atom stereocenters. The molecule has 0 unspecified atom stereocenters. The third kappa shape index (κ3) is 4.47. The van der Waals surface area contributed by atoms with Crippen LogP contribution >= 0.6 is 0 Å². The number of benzene rings is 2. The van der Waals surface area contributed by atoms with Crippen LogP contribution < -0.4 is 0 Å². The lowest BCUT2D eigenvalue weighted by Gasteiger charge is -2.36. The van der Waals surface area contributed by atoms with E-state index in [2.05, 4.69) is 4.57 Å². The van der Waals surface area contributed by atoms with Crippen molar-refractivity contribution >= 4 is 17.4 Å². The summed E-state index contributed by atoms with van der Waals surface area (Å²) in [6.45, 7) is 2.70. The molecule has 1 aromatic heterocycles. The molecular weight excluding hydrogens is 428 g/mol. The second-order valence-electron chi connectivity index (χ2n) is 8.95. The van der Waals surface area contributed by atoms with E-state index in [1.54, 1.807) is 13.0 Å². The molecule has 0 amide bonds. The van der Waals surface area contributed by atoms with Crippen molar-refractivity contribution in [3.63, 3.8) is 0 Å². The minimum atomic E-state index is -0.274. The molecule has 1 aliphatic heterocycles. The van der Waals surface area contributed by atoms with Crippen LogP contribution in [0.1, 0.15) is 54.3 Å². The van der Waals surface area contributed by atoms with Crippen molar-refractivity contribution in [3.8, 4) is 11.4 Å². The van der Waals surface area contributed by atoms with Gasteiger partial charge in [-0.25, -0.2) is 4.39 Å². The molecule has 176 valence electrons. The molecule has 2 heterocycles. The fourth-order valence-electron chi connectivity index (χ4n) is 5.27. The minimum Gasteiger partial charge on any atom is -0.508 e. The minimum absolute atomic E-state index is 0.126. The van der Waals surface area contributed by atoms with E-state index < -0.39 is 0 Å². The molecule has 3 aromatic rings. The molecule has 5 rings (SSSR count). The van der Waals surface area contributed by atoms with Gasteiger partial charge in [0.2, 0.25) is 0 Å². The predicted molar refractivity (Wildman–Crippen MR) is 123 cm³/mol. The number of ether oxygens (including phenoxy) is 1. The number of aromatic hydroxyl groups is 1. The summed E-state index contributed by atoms with van der Waals surface area (Å²) in [5, 5.41) is 18.2. The number of aryl methyl sites for hydroxylation is 1. The van der Waals surface area contributed by atoms with E-state index in [9.17, 15) is 13.9 Å². The third-order valence-electron chi connectivity index (χ3n) is 6.90. The highest BCUT2D eigenvalue weighted by Gasteiger charge is 2.37. The van der Waals surface area contributed by atoms with Crippen LogP contribution in [-0.2, 0) is 9.53 Å². The number of carboxylic acid groups (broad SMARTS) is 1. The van der Waals surface area contributed by atoms with Crippen LogP contribution in [0.5, 0.6) is 5.75 Å². The van der Waals surface area contributed by atoms with Gasteiger partial charge in [0.25, 0.3) is 6.47 Å². The Bertz CT molecular complexity index is 1130. The highest BCUT2D eigenvalue weighted by atomic mass is 19.1. The number of hydrogen-bond acceptors (Lipinski definition) is 3. The summed E-state index contributed by atoms with van der Waals surface area (Å²) >= 11 is 0. The van der Waals surface area contributed by atoms with Crippen LogP contribution in [-0.4, -0.2) is 41.1 Å². The Morgan fingerprint density at radius 1 is 1.12 bits per heavy atom. The summed E-state index contributed by atoms with van der Waals surface area (Å²) < 4.78 is 35.1. The smallest absolute Gasteiger partial charge is 0.290 e. The number of halogens is 2. The van der Waals surface area contributed by atoms with Gasteiger partial charge < -0.3 is 19.5 Å². The number of rotatable bonds is 4. The van der Waals surface area contributed by atoms with Gasteiger partial charge in [0.05, 0.1) is 12.2 Å². The van der Waals surface area contributed by atoms with Gasteiger partial charge in [0, 0.05) is 35.9 Å². The molecule has 1 aliphatic carbocycles. The topological polar surface area (TPSA) is 71.7 Å². The van der Waals surface area contributed by atoms with Crippen LogP contribution in [0.4, 0.5) is 8.78 Å². The van der Waals surface area contributed by atoms with Crippen molar-refractivity contribution in [1.29, 1.82) is 0 Å². The molecule has 5 nitrogen and oxygen atoms in total. The first kappa shape index (κ1) is 23.2. The number of carbonyl (C=O) groups is 1. The first-order valence-corrected chi connectivity index (χ1v) is 11.3. The Morgan fingerprint density at radius 2 is 1.82 bits per heavy atom. The number of hydrogen-bond donors (Lipinski definition) is 2. The zero-order valence-corrected chi connectivity index (χ0v) is 18.6. The Kier molecular flexibility index (Phi) is 6.98. The molecule has 2 N–H and O–H groups in total. The van der Waals surface area contributed by atoms with Crippen molar-refractivity contribution < 1.29 is 28.5 Å². The first-order valence-electron chi connectivity index (χ1n) is 11.3. The SMILES string of the molecule is Cc1cc(-n2c(C3CCOCC3)c(C3CC(CF)C3)c3cc(O)ccc32)ccc1F.O=CO. The van der Waals surface area contributed by atoms with Crippen LogP contribution in [0, 0.1) is 18.7 Å². The largest absolute Gasteiger partial charge is 0.508 e. The Labute approximate surface area is 191 Å². The van der Waals surface area contributed by atoms with Gasteiger partial charge in [0.15, 0.2) is 0 Å². The summed E-state index contributed by atoms with van der Waals surface area (Å²) in [4.78, 5) is 8.36. The molecule has 1 saturated carbocycles. The number of nitrogens with zero attached hydrogens (tertiary/aromatic N) is 1. The van der Waals surface area contributed by atoms with Crippen molar-refractivity contribution in [2.45, 2.75) is 44.4 Å². The summed E-state index contributed by atoms with van der Waals surface area (Å²) in [5.41, 5.74) is 5.01. The predicted octanol–water partition coefficient (Wildman–Crippen LogP) is 5.84. The molecule has 7 heteroatoms. The summed E-state index contributed by atoms with van der Waals surface area (Å²) in [7, 11) is 0. The first-order chi connectivity index (χ1) is 16.0. The molecular formula is C26H29F2NO4. The van der Waals surface area contributed by atoms with Crippen LogP contribution in [0.3, 0.4) is 0 Å². The van der Waals surface area contributed by atoms with Crippen LogP contribution in [0.25, 0.3) is 16.6 Å².